The van der Waals surface area contributed by atoms with Crippen molar-refractivity contribution < 1.29 is 21.6 Å². The number of nitrogens with zero attached hydrogens (tertiary/aromatic N) is 3. The monoisotopic (exact) mass is 576 g/mol. The van der Waals surface area contributed by atoms with Crippen LogP contribution in [0, 0.1) is 0 Å². The van der Waals surface area contributed by atoms with E-state index < -0.39 is 22.1 Å². The van der Waals surface area contributed by atoms with Gasteiger partial charge >= 0.3 is 6.18 Å². The van der Waals surface area contributed by atoms with E-state index in [4.69, 9.17) is 0 Å². The lowest BCUT2D eigenvalue weighted by atomic mass is 10.2. The number of nitrogens with one attached hydrogen (secondary N) is 1. The molecule has 0 saturated carbocycles. The molecule has 1 fully saturated rings. The Labute approximate surface area is 200 Å². The number of aliphatic imine (C=N–C) groups is 1. The molecular formula is C20H32F3IN4O2S. The SMILES string of the molecule is CCNC(=NCCCS(=O)(=O)Cc1ccccc1)N1CCN(C(C)C(F)(F)F)CC1.I. The van der Waals surface area contributed by atoms with E-state index in [2.05, 4.69) is 10.3 Å². The van der Waals surface area contributed by atoms with Crippen LogP contribution in [0.2, 0.25) is 0 Å². The lowest BCUT2D eigenvalue weighted by molar-refractivity contribution is -0.181. The molecule has 1 saturated heterocycles. The topological polar surface area (TPSA) is 65.0 Å². The zero-order valence-electron chi connectivity index (χ0n) is 17.9. The Morgan fingerprint density at radius 1 is 1.16 bits per heavy atom. The second-order valence-corrected chi connectivity index (χ2v) is 9.59. The Kier molecular flexibility index (Phi) is 11.6. The van der Waals surface area contributed by atoms with E-state index >= 15 is 0 Å². The molecule has 0 aliphatic carbocycles. The van der Waals surface area contributed by atoms with Gasteiger partial charge in [0.25, 0.3) is 0 Å². The van der Waals surface area contributed by atoms with Gasteiger partial charge in [0.1, 0.15) is 6.04 Å². The standard InChI is InChI=1S/C20H31F3N4O2S.HI/c1-3-24-19(27-13-11-26(12-14-27)17(2)20(21,22)23)25-10-7-15-30(28,29)16-18-8-5-4-6-9-18;/h4-6,8-9,17H,3,7,10-16H2,1-2H3,(H,24,25);1H. The molecule has 31 heavy (non-hydrogen) atoms. The van der Waals surface area contributed by atoms with Crippen molar-refractivity contribution >= 4 is 39.8 Å². The van der Waals surface area contributed by atoms with E-state index in [1.54, 1.807) is 12.1 Å². The molecule has 1 aromatic carbocycles. The van der Waals surface area contributed by atoms with Gasteiger partial charge in [0.05, 0.1) is 11.5 Å². The molecule has 2 rings (SSSR count). The quantitative estimate of drug-likeness (QED) is 0.223. The maximum absolute atomic E-state index is 12.9. The van der Waals surface area contributed by atoms with Gasteiger partial charge in [0.2, 0.25) is 0 Å². The summed E-state index contributed by atoms with van der Waals surface area (Å²) in [6.07, 6.45) is -3.83. The van der Waals surface area contributed by atoms with E-state index in [0.29, 0.717) is 51.6 Å². The van der Waals surface area contributed by atoms with Crippen molar-refractivity contribution in [1.82, 2.24) is 15.1 Å². The summed E-state index contributed by atoms with van der Waals surface area (Å²) in [5.41, 5.74) is 0.764. The van der Waals surface area contributed by atoms with Crippen LogP contribution < -0.4 is 5.32 Å². The minimum absolute atomic E-state index is 0. The summed E-state index contributed by atoms with van der Waals surface area (Å²) >= 11 is 0. The van der Waals surface area contributed by atoms with Crippen molar-refractivity contribution in [3.63, 3.8) is 0 Å². The number of hydrogen-bond acceptors (Lipinski definition) is 4. The van der Waals surface area contributed by atoms with Gasteiger partial charge in [-0.05, 0) is 25.8 Å². The van der Waals surface area contributed by atoms with Crippen LogP contribution in [0.4, 0.5) is 13.2 Å². The second-order valence-electron chi connectivity index (χ2n) is 7.41. The number of halogens is 4. The number of sulfone groups is 1. The highest BCUT2D eigenvalue weighted by Gasteiger charge is 2.41. The molecule has 178 valence electrons. The Morgan fingerprint density at radius 2 is 1.77 bits per heavy atom. The number of alkyl halides is 3. The minimum Gasteiger partial charge on any atom is -0.357 e. The summed E-state index contributed by atoms with van der Waals surface area (Å²) in [5.74, 6) is 0.677. The molecular weight excluding hydrogens is 544 g/mol. The van der Waals surface area contributed by atoms with Gasteiger partial charge in [-0.1, -0.05) is 30.3 Å². The van der Waals surface area contributed by atoms with Crippen LogP contribution in [-0.4, -0.2) is 81.4 Å². The first-order valence-corrected chi connectivity index (χ1v) is 12.0. The second kappa shape index (κ2) is 12.8. The van der Waals surface area contributed by atoms with Crippen molar-refractivity contribution in [3.8, 4) is 0 Å². The molecule has 1 aromatic rings. The maximum Gasteiger partial charge on any atom is 0.403 e. The molecule has 1 N–H and O–H groups in total. The Bertz CT molecular complexity index is 783. The van der Waals surface area contributed by atoms with Gasteiger partial charge in [0, 0.05) is 39.3 Å². The summed E-state index contributed by atoms with van der Waals surface area (Å²) in [6, 6.07) is 7.59. The molecule has 0 bridgehead atoms. The van der Waals surface area contributed by atoms with Gasteiger partial charge < -0.3 is 10.2 Å². The number of benzene rings is 1. The molecule has 0 radical (unpaired) electrons. The molecule has 0 spiro atoms. The molecule has 1 aliphatic rings. The first-order valence-electron chi connectivity index (χ1n) is 10.2. The van der Waals surface area contributed by atoms with Crippen molar-refractivity contribution in [2.24, 2.45) is 4.99 Å². The van der Waals surface area contributed by atoms with Crippen molar-refractivity contribution in [2.75, 3.05) is 45.0 Å². The van der Waals surface area contributed by atoms with E-state index in [1.165, 1.54) is 11.8 Å². The fraction of sp³-hybridized carbons (Fsp3) is 0.650. The van der Waals surface area contributed by atoms with Gasteiger partial charge in [0.15, 0.2) is 15.8 Å². The van der Waals surface area contributed by atoms with Gasteiger partial charge in [-0.2, -0.15) is 13.2 Å². The van der Waals surface area contributed by atoms with E-state index in [-0.39, 0.29) is 35.5 Å². The van der Waals surface area contributed by atoms with Gasteiger partial charge in [-0.25, -0.2) is 8.42 Å². The fourth-order valence-corrected chi connectivity index (χ4v) is 4.74. The van der Waals surface area contributed by atoms with E-state index in [9.17, 15) is 21.6 Å². The molecule has 6 nitrogen and oxygen atoms in total. The zero-order chi connectivity index (χ0) is 22.2. The predicted octanol–water partition coefficient (Wildman–Crippen LogP) is 3.14. The Morgan fingerprint density at radius 3 is 2.32 bits per heavy atom. The predicted molar refractivity (Wildman–Crippen MR) is 129 cm³/mol. The molecule has 1 unspecified atom stereocenters. The molecule has 1 atom stereocenters. The summed E-state index contributed by atoms with van der Waals surface area (Å²) in [5, 5.41) is 3.15. The first-order chi connectivity index (χ1) is 14.1. The Hall–Kier alpha value is -1.08. The highest BCUT2D eigenvalue weighted by atomic mass is 127. The third kappa shape index (κ3) is 9.52. The van der Waals surface area contributed by atoms with Crippen molar-refractivity contribution in [1.29, 1.82) is 0 Å². The lowest BCUT2D eigenvalue weighted by Gasteiger charge is -2.39. The third-order valence-corrected chi connectivity index (χ3v) is 6.76. The number of guanidine groups is 1. The summed E-state index contributed by atoms with van der Waals surface area (Å²) in [6.45, 7) is 5.57. The van der Waals surface area contributed by atoms with Crippen LogP contribution in [0.1, 0.15) is 25.8 Å². The average molecular weight is 576 g/mol. The van der Waals surface area contributed by atoms with Crippen LogP contribution in [-0.2, 0) is 15.6 Å². The maximum atomic E-state index is 12.9. The summed E-state index contributed by atoms with van der Waals surface area (Å²) in [7, 11) is -3.22. The zero-order valence-corrected chi connectivity index (χ0v) is 21.1. The summed E-state index contributed by atoms with van der Waals surface area (Å²) < 4.78 is 63.3. The summed E-state index contributed by atoms with van der Waals surface area (Å²) in [4.78, 5) is 7.85. The van der Waals surface area contributed by atoms with Crippen LogP contribution >= 0.6 is 24.0 Å². The van der Waals surface area contributed by atoms with Crippen LogP contribution in [0.5, 0.6) is 0 Å². The van der Waals surface area contributed by atoms with Crippen LogP contribution in [0.25, 0.3) is 0 Å². The van der Waals surface area contributed by atoms with Crippen molar-refractivity contribution in [2.45, 2.75) is 38.2 Å². The number of rotatable bonds is 8. The molecule has 0 amide bonds. The normalized spacial score (nSPS) is 17.2. The smallest absolute Gasteiger partial charge is 0.357 e. The molecule has 0 aromatic heterocycles. The third-order valence-electron chi connectivity index (χ3n) is 5.07. The number of hydrogen-bond donors (Lipinski definition) is 1. The van der Waals surface area contributed by atoms with Crippen molar-refractivity contribution in [3.05, 3.63) is 35.9 Å². The van der Waals surface area contributed by atoms with Crippen LogP contribution in [0.15, 0.2) is 35.3 Å². The minimum atomic E-state index is -4.23. The molecule has 11 heteroatoms. The lowest BCUT2D eigenvalue weighted by Crippen LogP contribution is -2.56. The number of piperazine rings is 1. The van der Waals surface area contributed by atoms with Gasteiger partial charge in [-0.15, -0.1) is 24.0 Å². The van der Waals surface area contributed by atoms with E-state index in [0.717, 1.165) is 5.56 Å². The van der Waals surface area contributed by atoms with Gasteiger partial charge in [-0.3, -0.25) is 9.89 Å². The highest BCUT2D eigenvalue weighted by molar-refractivity contribution is 14.0. The molecule has 1 aliphatic heterocycles. The average Bonchev–Trinajstić information content (AvgIpc) is 2.69. The fourth-order valence-electron chi connectivity index (χ4n) is 3.32. The largest absolute Gasteiger partial charge is 0.403 e. The van der Waals surface area contributed by atoms with E-state index in [1.807, 2.05) is 30.0 Å². The Balaban J connectivity index is 0.00000480. The molecule has 1 heterocycles. The highest BCUT2D eigenvalue weighted by Crippen LogP contribution is 2.25. The van der Waals surface area contributed by atoms with Crippen LogP contribution in [0.3, 0.4) is 0 Å². The first kappa shape index (κ1) is 28.0.